The first-order valence-corrected chi connectivity index (χ1v) is 15.5. The van der Waals surface area contributed by atoms with Gasteiger partial charge in [-0.15, -0.1) is 0 Å². The van der Waals surface area contributed by atoms with Crippen LogP contribution in [0.15, 0.2) is 164 Å². The molecule has 0 radical (unpaired) electrons. The molecule has 0 aliphatic rings. The molecule has 3 heteroatoms. The Bertz CT molecular complexity index is 2540. The zero-order chi connectivity index (χ0) is 30.6. The number of rotatable bonds is 4. The van der Waals surface area contributed by atoms with Crippen LogP contribution in [0.2, 0.25) is 0 Å². The van der Waals surface area contributed by atoms with Crippen molar-refractivity contribution in [2.45, 2.75) is 0 Å². The zero-order valence-corrected chi connectivity index (χ0v) is 24.9. The first-order valence-electron chi connectivity index (χ1n) is 15.5. The average Bonchev–Trinajstić information content (AvgIpc) is 3.64. The zero-order valence-electron chi connectivity index (χ0n) is 24.9. The molecule has 0 unspecified atom stereocenters. The molecule has 0 N–H and O–H groups in total. The minimum Gasteiger partial charge on any atom is -0.309 e. The molecule has 9 rings (SSSR count). The van der Waals surface area contributed by atoms with Crippen LogP contribution in [0.1, 0.15) is 5.56 Å². The van der Waals surface area contributed by atoms with Gasteiger partial charge in [-0.1, -0.05) is 115 Å². The van der Waals surface area contributed by atoms with E-state index in [9.17, 15) is 5.26 Å². The SMILES string of the molecule is N#Cc1cccc(-c2ccc(-n3c4ccccc4c4ccccc43)cc2)c1-c1ccccc1-n1c2ccccc2c2ccccc21. The summed E-state index contributed by atoms with van der Waals surface area (Å²) in [5.74, 6) is 0. The fourth-order valence-corrected chi connectivity index (χ4v) is 7.23. The molecule has 0 fully saturated rings. The van der Waals surface area contributed by atoms with Gasteiger partial charge in [0.25, 0.3) is 0 Å². The number of hydrogen-bond acceptors (Lipinski definition) is 1. The minimum absolute atomic E-state index is 0.650. The second-order valence-corrected chi connectivity index (χ2v) is 11.6. The summed E-state index contributed by atoms with van der Waals surface area (Å²) in [7, 11) is 0. The normalized spacial score (nSPS) is 11.5. The van der Waals surface area contributed by atoms with Crippen LogP contribution in [-0.2, 0) is 0 Å². The molecule has 0 spiro atoms. The largest absolute Gasteiger partial charge is 0.309 e. The molecule has 46 heavy (non-hydrogen) atoms. The van der Waals surface area contributed by atoms with Crippen LogP contribution >= 0.6 is 0 Å². The van der Waals surface area contributed by atoms with Crippen LogP contribution in [0.25, 0.3) is 77.2 Å². The van der Waals surface area contributed by atoms with E-state index in [0.717, 1.165) is 44.7 Å². The van der Waals surface area contributed by atoms with E-state index in [-0.39, 0.29) is 0 Å². The monoisotopic (exact) mass is 585 g/mol. The van der Waals surface area contributed by atoms with E-state index < -0.39 is 0 Å². The smallest absolute Gasteiger partial charge is 0.0998 e. The highest BCUT2D eigenvalue weighted by atomic mass is 15.0. The van der Waals surface area contributed by atoms with E-state index in [1.807, 2.05) is 12.1 Å². The molecule has 0 saturated carbocycles. The Morgan fingerprint density at radius 1 is 0.391 bits per heavy atom. The fourth-order valence-electron chi connectivity index (χ4n) is 7.23. The van der Waals surface area contributed by atoms with Crippen LogP contribution in [0, 0.1) is 11.3 Å². The summed E-state index contributed by atoms with van der Waals surface area (Å²) in [6, 6.07) is 60.0. The lowest BCUT2D eigenvalue weighted by Gasteiger charge is -2.18. The van der Waals surface area contributed by atoms with Crippen molar-refractivity contribution in [1.29, 1.82) is 5.26 Å². The van der Waals surface area contributed by atoms with Crippen molar-refractivity contribution in [1.82, 2.24) is 9.13 Å². The van der Waals surface area contributed by atoms with Crippen molar-refractivity contribution in [3.63, 3.8) is 0 Å². The summed E-state index contributed by atoms with van der Waals surface area (Å²) >= 11 is 0. The predicted molar refractivity (Wildman–Crippen MR) is 191 cm³/mol. The Morgan fingerprint density at radius 2 is 0.848 bits per heavy atom. The maximum atomic E-state index is 10.4. The number of fused-ring (bicyclic) bond motifs is 6. The number of hydrogen-bond donors (Lipinski definition) is 0. The highest BCUT2D eigenvalue weighted by Crippen LogP contribution is 2.41. The molecule has 9 aromatic rings. The molecule has 0 aliphatic heterocycles. The van der Waals surface area contributed by atoms with Crippen molar-refractivity contribution in [3.05, 3.63) is 169 Å². The molecule has 0 atom stereocenters. The maximum absolute atomic E-state index is 10.4. The second-order valence-electron chi connectivity index (χ2n) is 11.6. The maximum Gasteiger partial charge on any atom is 0.0998 e. The standard InChI is InChI=1S/C43H27N3/c44-28-30-12-11-18-32(29-24-26-31(27-25-29)45-38-19-6-1-13-33(38)34-14-2-7-20-39(34)45)43(30)37-17-5-10-23-42(37)46-40-21-8-3-15-35(40)36-16-4-9-22-41(36)46/h1-27H. The van der Waals surface area contributed by atoms with Crippen LogP contribution in [-0.4, -0.2) is 9.13 Å². The third kappa shape index (κ3) is 3.84. The number of nitriles is 1. The summed E-state index contributed by atoms with van der Waals surface area (Å²) < 4.78 is 4.67. The highest BCUT2D eigenvalue weighted by Gasteiger charge is 2.20. The second kappa shape index (κ2) is 10.4. The van der Waals surface area contributed by atoms with Crippen molar-refractivity contribution < 1.29 is 0 Å². The van der Waals surface area contributed by atoms with E-state index in [1.54, 1.807) is 0 Å². The van der Waals surface area contributed by atoms with E-state index in [4.69, 9.17) is 0 Å². The fraction of sp³-hybridized carbons (Fsp3) is 0. The van der Waals surface area contributed by atoms with E-state index in [2.05, 4.69) is 167 Å². The Balaban J connectivity index is 1.25. The van der Waals surface area contributed by atoms with Crippen molar-refractivity contribution in [2.24, 2.45) is 0 Å². The Labute approximate surface area is 266 Å². The summed E-state index contributed by atoms with van der Waals surface area (Å²) in [5.41, 5.74) is 11.5. The molecule has 214 valence electrons. The van der Waals surface area contributed by atoms with Gasteiger partial charge in [-0.05, 0) is 59.7 Å². The van der Waals surface area contributed by atoms with Gasteiger partial charge in [0.1, 0.15) is 0 Å². The van der Waals surface area contributed by atoms with Gasteiger partial charge in [0.2, 0.25) is 0 Å². The minimum atomic E-state index is 0.650. The molecule has 0 bridgehead atoms. The Kier molecular flexibility index (Phi) is 5.88. The molecule has 3 nitrogen and oxygen atoms in total. The topological polar surface area (TPSA) is 33.6 Å². The van der Waals surface area contributed by atoms with E-state index in [1.165, 1.54) is 32.6 Å². The third-order valence-electron chi connectivity index (χ3n) is 9.20. The molecule has 2 aromatic heterocycles. The summed E-state index contributed by atoms with van der Waals surface area (Å²) in [4.78, 5) is 0. The predicted octanol–water partition coefficient (Wildman–Crippen LogP) is 11.1. The number of benzene rings is 7. The van der Waals surface area contributed by atoms with Crippen molar-refractivity contribution in [2.75, 3.05) is 0 Å². The molecule has 0 saturated heterocycles. The molecule has 2 heterocycles. The van der Waals surface area contributed by atoms with E-state index in [0.29, 0.717) is 5.56 Å². The van der Waals surface area contributed by atoms with Gasteiger partial charge in [0.15, 0.2) is 0 Å². The summed E-state index contributed by atoms with van der Waals surface area (Å²) in [5, 5.41) is 15.3. The third-order valence-corrected chi connectivity index (χ3v) is 9.20. The lowest BCUT2D eigenvalue weighted by atomic mass is 9.89. The highest BCUT2D eigenvalue weighted by molar-refractivity contribution is 6.10. The van der Waals surface area contributed by atoms with Gasteiger partial charge < -0.3 is 9.13 Å². The quantitative estimate of drug-likeness (QED) is 0.202. The molecular weight excluding hydrogens is 558 g/mol. The number of para-hydroxylation sites is 5. The van der Waals surface area contributed by atoms with Crippen molar-refractivity contribution in [3.8, 4) is 39.7 Å². The number of aromatic nitrogens is 2. The van der Waals surface area contributed by atoms with E-state index >= 15 is 0 Å². The van der Waals surface area contributed by atoms with Gasteiger partial charge in [0.05, 0.1) is 39.4 Å². The summed E-state index contributed by atoms with van der Waals surface area (Å²) in [6.07, 6.45) is 0. The van der Waals surface area contributed by atoms with Crippen LogP contribution in [0.5, 0.6) is 0 Å². The first-order chi connectivity index (χ1) is 22.8. The van der Waals surface area contributed by atoms with Gasteiger partial charge in [-0.25, -0.2) is 0 Å². The van der Waals surface area contributed by atoms with Crippen LogP contribution in [0.3, 0.4) is 0 Å². The molecular formula is C43H27N3. The average molecular weight is 586 g/mol. The molecule has 0 aliphatic carbocycles. The summed E-state index contributed by atoms with van der Waals surface area (Å²) in [6.45, 7) is 0. The lowest BCUT2D eigenvalue weighted by molar-refractivity contribution is 1.18. The van der Waals surface area contributed by atoms with Gasteiger partial charge in [-0.3, -0.25) is 0 Å². The Hall–Kier alpha value is -6.37. The van der Waals surface area contributed by atoms with Gasteiger partial charge >= 0.3 is 0 Å². The first kappa shape index (κ1) is 26.1. The van der Waals surface area contributed by atoms with Gasteiger partial charge in [0, 0.05) is 38.4 Å². The lowest BCUT2D eigenvalue weighted by Crippen LogP contribution is -1.99. The van der Waals surface area contributed by atoms with Crippen molar-refractivity contribution >= 4 is 43.6 Å². The number of nitrogens with zero attached hydrogens (tertiary/aromatic N) is 3. The Morgan fingerprint density at radius 3 is 1.39 bits per heavy atom. The molecule has 0 amide bonds. The molecule has 7 aromatic carbocycles. The van der Waals surface area contributed by atoms with Crippen LogP contribution in [0.4, 0.5) is 0 Å². The van der Waals surface area contributed by atoms with Gasteiger partial charge in [-0.2, -0.15) is 5.26 Å². The van der Waals surface area contributed by atoms with Crippen LogP contribution < -0.4 is 0 Å².